The minimum absolute atomic E-state index is 0.218. The Morgan fingerprint density at radius 2 is 1.84 bits per heavy atom. The zero-order chi connectivity index (χ0) is 22.0. The van der Waals surface area contributed by atoms with Gasteiger partial charge in [0.25, 0.3) is 0 Å². The molecule has 6 heteroatoms. The Kier molecular flexibility index (Phi) is 6.68. The van der Waals surface area contributed by atoms with Crippen molar-refractivity contribution in [2.24, 2.45) is 0 Å². The Morgan fingerprint density at radius 3 is 2.52 bits per heavy atom. The molecular formula is C25H40N6. The van der Waals surface area contributed by atoms with E-state index in [1.807, 2.05) is 4.68 Å². The first-order chi connectivity index (χ1) is 15.0. The number of fused-ring (bicyclic) bond motifs is 3. The monoisotopic (exact) mass is 424 g/mol. The first kappa shape index (κ1) is 22.3. The summed E-state index contributed by atoms with van der Waals surface area (Å²) in [5, 5.41) is 9.04. The molecule has 2 aliphatic heterocycles. The molecule has 0 spiro atoms. The van der Waals surface area contributed by atoms with Crippen molar-refractivity contribution in [2.45, 2.75) is 77.4 Å². The summed E-state index contributed by atoms with van der Waals surface area (Å²) in [6.45, 7) is 11.2. The van der Waals surface area contributed by atoms with Gasteiger partial charge >= 0.3 is 0 Å². The molecule has 0 amide bonds. The van der Waals surface area contributed by atoms with Crippen LogP contribution in [-0.2, 0) is 12.0 Å². The van der Waals surface area contributed by atoms with Crippen LogP contribution in [0.3, 0.4) is 0 Å². The van der Waals surface area contributed by atoms with Gasteiger partial charge in [-0.05, 0) is 69.6 Å². The zero-order valence-electron chi connectivity index (χ0n) is 20.1. The van der Waals surface area contributed by atoms with Crippen LogP contribution < -0.4 is 4.90 Å². The lowest BCUT2D eigenvalue weighted by atomic mass is 9.77. The molecule has 1 aromatic carbocycles. The highest BCUT2D eigenvalue weighted by atomic mass is 15.4. The fourth-order valence-electron chi connectivity index (χ4n) is 5.80. The number of hydrogen-bond acceptors (Lipinski definition) is 5. The van der Waals surface area contributed by atoms with Gasteiger partial charge < -0.3 is 4.90 Å². The predicted molar refractivity (Wildman–Crippen MR) is 128 cm³/mol. The summed E-state index contributed by atoms with van der Waals surface area (Å²) in [5.41, 5.74) is 5.26. The lowest BCUT2D eigenvalue weighted by Crippen LogP contribution is -2.46. The van der Waals surface area contributed by atoms with E-state index in [0.29, 0.717) is 6.17 Å². The minimum Gasteiger partial charge on any atom is -0.358 e. The van der Waals surface area contributed by atoms with Gasteiger partial charge in [0.1, 0.15) is 0 Å². The molecule has 1 saturated heterocycles. The van der Waals surface area contributed by atoms with Crippen LogP contribution in [0.2, 0.25) is 0 Å². The number of aromatic nitrogens is 3. The van der Waals surface area contributed by atoms with E-state index in [9.17, 15) is 0 Å². The summed E-state index contributed by atoms with van der Waals surface area (Å²) in [7, 11) is 4.51. The molecule has 2 aliphatic rings. The van der Waals surface area contributed by atoms with E-state index < -0.39 is 0 Å². The zero-order valence-corrected chi connectivity index (χ0v) is 20.1. The van der Waals surface area contributed by atoms with Gasteiger partial charge in [-0.3, -0.25) is 9.80 Å². The van der Waals surface area contributed by atoms with Gasteiger partial charge in [0, 0.05) is 31.2 Å². The molecule has 1 fully saturated rings. The van der Waals surface area contributed by atoms with Crippen LogP contribution in [0.4, 0.5) is 5.69 Å². The average molecular weight is 425 g/mol. The SMILES string of the molecule is CCCCN(CCCC)Cc1cn(-c2ccc3c(c2)[C@]2(CC)CCN(C)[C@@H]2N3C)nn1. The van der Waals surface area contributed by atoms with Crippen LogP contribution in [0.5, 0.6) is 0 Å². The van der Waals surface area contributed by atoms with Crippen molar-refractivity contribution in [1.82, 2.24) is 24.8 Å². The second-order valence-corrected chi connectivity index (χ2v) is 9.56. The quantitative estimate of drug-likeness (QED) is 0.564. The van der Waals surface area contributed by atoms with E-state index in [1.54, 1.807) is 0 Å². The van der Waals surface area contributed by atoms with E-state index in [0.717, 1.165) is 44.0 Å². The molecular weight excluding hydrogens is 384 g/mol. The Morgan fingerprint density at radius 1 is 1.10 bits per heavy atom. The van der Waals surface area contributed by atoms with Crippen molar-refractivity contribution in [1.29, 1.82) is 0 Å². The van der Waals surface area contributed by atoms with Crippen LogP contribution in [0.1, 0.15) is 70.6 Å². The normalized spacial score (nSPS) is 23.0. The van der Waals surface area contributed by atoms with Crippen molar-refractivity contribution in [3.63, 3.8) is 0 Å². The van der Waals surface area contributed by atoms with Crippen molar-refractivity contribution in [3.05, 3.63) is 35.7 Å². The van der Waals surface area contributed by atoms with Crippen LogP contribution in [0.15, 0.2) is 24.4 Å². The van der Waals surface area contributed by atoms with Gasteiger partial charge in [-0.15, -0.1) is 5.10 Å². The van der Waals surface area contributed by atoms with E-state index in [4.69, 9.17) is 0 Å². The maximum Gasteiger partial charge on any atom is 0.0971 e. The maximum atomic E-state index is 4.53. The third-order valence-electron chi connectivity index (χ3n) is 7.56. The molecule has 1 aromatic heterocycles. The molecule has 0 radical (unpaired) electrons. The second kappa shape index (κ2) is 9.29. The molecule has 0 aliphatic carbocycles. The summed E-state index contributed by atoms with van der Waals surface area (Å²) < 4.78 is 1.97. The molecule has 0 N–H and O–H groups in total. The lowest BCUT2D eigenvalue weighted by Gasteiger charge is -2.34. The number of rotatable bonds is 10. The van der Waals surface area contributed by atoms with Gasteiger partial charge in [0.2, 0.25) is 0 Å². The van der Waals surface area contributed by atoms with Crippen LogP contribution in [0.25, 0.3) is 5.69 Å². The molecule has 170 valence electrons. The van der Waals surface area contributed by atoms with Crippen molar-refractivity contribution in [3.8, 4) is 5.69 Å². The fourth-order valence-corrected chi connectivity index (χ4v) is 5.80. The number of likely N-dealkylation sites (tertiary alicyclic amines) is 1. The van der Waals surface area contributed by atoms with Gasteiger partial charge in [0.05, 0.1) is 23.7 Å². The maximum absolute atomic E-state index is 4.53. The van der Waals surface area contributed by atoms with Crippen LogP contribution in [0, 0.1) is 0 Å². The fraction of sp³-hybridized carbons (Fsp3) is 0.680. The number of likely N-dealkylation sites (N-methyl/N-ethyl adjacent to an activating group) is 2. The minimum atomic E-state index is 0.218. The number of benzene rings is 1. The molecule has 6 nitrogen and oxygen atoms in total. The summed E-state index contributed by atoms with van der Waals surface area (Å²) in [6, 6.07) is 6.85. The molecule has 0 unspecified atom stereocenters. The van der Waals surface area contributed by atoms with E-state index in [-0.39, 0.29) is 5.41 Å². The predicted octanol–water partition coefficient (Wildman–Crippen LogP) is 4.43. The van der Waals surface area contributed by atoms with E-state index in [1.165, 1.54) is 43.4 Å². The Labute approximate surface area is 188 Å². The number of anilines is 1. The summed E-state index contributed by atoms with van der Waals surface area (Å²) in [4.78, 5) is 7.52. The lowest BCUT2D eigenvalue weighted by molar-refractivity contribution is 0.252. The van der Waals surface area contributed by atoms with Gasteiger partial charge in [-0.25, -0.2) is 4.68 Å². The highest BCUT2D eigenvalue weighted by Crippen LogP contribution is 2.53. The molecule has 0 bridgehead atoms. The summed E-state index contributed by atoms with van der Waals surface area (Å²) in [5.74, 6) is 0. The molecule has 31 heavy (non-hydrogen) atoms. The first-order valence-corrected chi connectivity index (χ1v) is 12.3. The Balaban J connectivity index is 1.57. The molecule has 4 rings (SSSR count). The highest BCUT2D eigenvalue weighted by molar-refractivity contribution is 5.67. The molecule has 3 heterocycles. The topological polar surface area (TPSA) is 40.4 Å². The molecule has 2 atom stereocenters. The van der Waals surface area contributed by atoms with E-state index in [2.05, 4.69) is 84.3 Å². The third-order valence-corrected chi connectivity index (χ3v) is 7.56. The average Bonchev–Trinajstić information content (AvgIpc) is 3.45. The number of nitrogens with zero attached hydrogens (tertiary/aromatic N) is 6. The van der Waals surface area contributed by atoms with Crippen molar-refractivity contribution < 1.29 is 0 Å². The Bertz CT molecular complexity index is 869. The van der Waals surface area contributed by atoms with Crippen molar-refractivity contribution >= 4 is 5.69 Å². The number of hydrogen-bond donors (Lipinski definition) is 0. The smallest absolute Gasteiger partial charge is 0.0971 e. The highest BCUT2D eigenvalue weighted by Gasteiger charge is 2.54. The van der Waals surface area contributed by atoms with Crippen LogP contribution in [-0.4, -0.2) is 64.7 Å². The second-order valence-electron chi connectivity index (χ2n) is 9.56. The van der Waals surface area contributed by atoms with Gasteiger partial charge in [-0.1, -0.05) is 38.8 Å². The largest absolute Gasteiger partial charge is 0.358 e. The van der Waals surface area contributed by atoms with Crippen molar-refractivity contribution in [2.75, 3.05) is 38.6 Å². The van der Waals surface area contributed by atoms with Gasteiger partial charge in [0.15, 0.2) is 0 Å². The van der Waals surface area contributed by atoms with Gasteiger partial charge in [-0.2, -0.15) is 0 Å². The number of unbranched alkanes of at least 4 members (excludes halogenated alkanes) is 2. The third kappa shape index (κ3) is 4.00. The standard InChI is InChI=1S/C25H40N6/c1-6-9-14-30(15-10-7-2)18-20-19-31(27-26-20)21-11-12-23-22(17-21)25(8-3)13-16-28(4)24(25)29(23)5/h11-12,17,19,24H,6-10,13-16,18H2,1-5H3/t24-,25+/m1/s1. The molecule has 2 aromatic rings. The molecule has 0 saturated carbocycles. The summed E-state index contributed by atoms with van der Waals surface area (Å²) in [6.07, 6.45) is 9.91. The first-order valence-electron chi connectivity index (χ1n) is 12.3. The Hall–Kier alpha value is -1.92. The van der Waals surface area contributed by atoms with E-state index >= 15 is 0 Å². The summed E-state index contributed by atoms with van der Waals surface area (Å²) >= 11 is 0. The van der Waals surface area contributed by atoms with Crippen LogP contribution >= 0.6 is 0 Å².